The summed E-state index contributed by atoms with van der Waals surface area (Å²) in [7, 11) is 0. The molecule has 0 radical (unpaired) electrons. The summed E-state index contributed by atoms with van der Waals surface area (Å²) in [5, 5.41) is 3.53. The van der Waals surface area contributed by atoms with Gasteiger partial charge >= 0.3 is 0 Å². The highest BCUT2D eigenvalue weighted by molar-refractivity contribution is 5.21. The van der Waals surface area contributed by atoms with Crippen LogP contribution in [0.15, 0.2) is 10.5 Å². The third-order valence-corrected chi connectivity index (χ3v) is 4.99. The van der Waals surface area contributed by atoms with E-state index in [4.69, 9.17) is 4.42 Å². The van der Waals surface area contributed by atoms with Crippen LogP contribution >= 0.6 is 0 Å². The molecule has 0 amide bonds. The van der Waals surface area contributed by atoms with E-state index in [2.05, 4.69) is 37.1 Å². The fourth-order valence-corrected chi connectivity index (χ4v) is 3.41. The molecule has 1 saturated carbocycles. The molecule has 20 heavy (non-hydrogen) atoms. The Labute approximate surface area is 122 Å². The van der Waals surface area contributed by atoms with E-state index < -0.39 is 0 Å². The first-order chi connectivity index (χ1) is 9.67. The Hall–Kier alpha value is -0.800. The van der Waals surface area contributed by atoms with Crippen LogP contribution in [0.2, 0.25) is 0 Å². The first kappa shape index (κ1) is 14.2. The minimum absolute atomic E-state index is 0.710. The molecule has 2 atom stereocenters. The molecule has 2 heterocycles. The Kier molecular flexibility index (Phi) is 4.18. The van der Waals surface area contributed by atoms with Crippen molar-refractivity contribution in [1.82, 2.24) is 10.2 Å². The Morgan fingerprint density at radius 1 is 1.30 bits per heavy atom. The second kappa shape index (κ2) is 5.90. The lowest BCUT2D eigenvalue weighted by Crippen LogP contribution is -2.33. The van der Waals surface area contributed by atoms with E-state index in [9.17, 15) is 0 Å². The first-order valence-electron chi connectivity index (χ1n) is 8.24. The van der Waals surface area contributed by atoms with E-state index in [1.54, 1.807) is 0 Å². The molecule has 3 nitrogen and oxygen atoms in total. The lowest BCUT2D eigenvalue weighted by molar-refractivity contribution is 0.188. The van der Waals surface area contributed by atoms with Gasteiger partial charge in [-0.2, -0.15) is 0 Å². The van der Waals surface area contributed by atoms with Crippen molar-refractivity contribution in [3.05, 3.63) is 23.2 Å². The second-order valence-corrected chi connectivity index (χ2v) is 6.61. The maximum atomic E-state index is 5.92. The molecule has 2 unspecified atom stereocenters. The fraction of sp³-hybridized carbons (Fsp3) is 0.765. The van der Waals surface area contributed by atoms with Crippen LogP contribution < -0.4 is 5.32 Å². The van der Waals surface area contributed by atoms with Gasteiger partial charge in [-0.15, -0.1) is 0 Å². The van der Waals surface area contributed by atoms with E-state index in [1.165, 1.54) is 37.7 Å². The zero-order valence-corrected chi connectivity index (χ0v) is 13.1. The van der Waals surface area contributed by atoms with Gasteiger partial charge in [0.2, 0.25) is 0 Å². The van der Waals surface area contributed by atoms with E-state index >= 15 is 0 Å². The molecule has 0 spiro atoms. The Morgan fingerprint density at radius 2 is 2.10 bits per heavy atom. The van der Waals surface area contributed by atoms with Crippen LogP contribution in [0, 0.1) is 6.92 Å². The van der Waals surface area contributed by atoms with Crippen molar-refractivity contribution in [2.75, 3.05) is 0 Å². The van der Waals surface area contributed by atoms with Crippen LogP contribution in [0.25, 0.3) is 0 Å². The van der Waals surface area contributed by atoms with E-state index in [1.807, 2.05) is 0 Å². The zero-order chi connectivity index (χ0) is 14.1. The van der Waals surface area contributed by atoms with Gasteiger partial charge in [0, 0.05) is 30.2 Å². The molecule has 1 aromatic heterocycles. The lowest BCUT2D eigenvalue weighted by Gasteiger charge is -2.27. The van der Waals surface area contributed by atoms with Crippen molar-refractivity contribution >= 4 is 0 Å². The Balaban J connectivity index is 1.63. The van der Waals surface area contributed by atoms with Gasteiger partial charge in [-0.1, -0.05) is 6.92 Å². The largest absolute Gasteiger partial charge is 0.465 e. The van der Waals surface area contributed by atoms with E-state index in [-0.39, 0.29) is 0 Å². The lowest BCUT2D eigenvalue weighted by atomic mass is 10.1. The van der Waals surface area contributed by atoms with Gasteiger partial charge in [-0.25, -0.2) is 0 Å². The van der Waals surface area contributed by atoms with Crippen LogP contribution in [-0.4, -0.2) is 23.0 Å². The van der Waals surface area contributed by atoms with Crippen molar-refractivity contribution in [3.63, 3.8) is 0 Å². The third kappa shape index (κ3) is 3.09. The number of furan rings is 1. The molecule has 1 N–H and O–H groups in total. The molecule has 1 aromatic rings. The maximum Gasteiger partial charge on any atom is 0.118 e. The average molecular weight is 276 g/mol. The zero-order valence-electron chi connectivity index (χ0n) is 13.1. The number of hydrogen-bond donors (Lipinski definition) is 1. The van der Waals surface area contributed by atoms with Crippen LogP contribution in [0.4, 0.5) is 0 Å². The molecular formula is C17H28N2O. The van der Waals surface area contributed by atoms with Gasteiger partial charge in [0.15, 0.2) is 0 Å². The topological polar surface area (TPSA) is 28.4 Å². The highest BCUT2D eigenvalue weighted by atomic mass is 16.3. The number of hydrogen-bond acceptors (Lipinski definition) is 3. The van der Waals surface area contributed by atoms with Crippen molar-refractivity contribution in [3.8, 4) is 0 Å². The van der Waals surface area contributed by atoms with Gasteiger partial charge < -0.3 is 9.73 Å². The summed E-state index contributed by atoms with van der Waals surface area (Å²) >= 11 is 0. The molecule has 3 rings (SSSR count). The Morgan fingerprint density at radius 3 is 2.80 bits per heavy atom. The SMILES string of the molecule is CCC1CCC(C)N1Cc1cc(CNC2CC2)oc1C. The number of likely N-dealkylation sites (tertiary alicyclic amines) is 1. The minimum Gasteiger partial charge on any atom is -0.465 e. The summed E-state index contributed by atoms with van der Waals surface area (Å²) in [6.07, 6.45) is 6.61. The van der Waals surface area contributed by atoms with Crippen LogP contribution in [-0.2, 0) is 13.1 Å². The van der Waals surface area contributed by atoms with E-state index in [0.717, 1.165) is 36.7 Å². The number of aryl methyl sites for hydroxylation is 1. The number of nitrogens with one attached hydrogen (secondary N) is 1. The monoisotopic (exact) mass is 276 g/mol. The van der Waals surface area contributed by atoms with Gasteiger partial charge in [0.25, 0.3) is 0 Å². The highest BCUT2D eigenvalue weighted by Crippen LogP contribution is 2.29. The summed E-state index contributed by atoms with van der Waals surface area (Å²) in [4.78, 5) is 2.66. The van der Waals surface area contributed by atoms with Crippen molar-refractivity contribution < 1.29 is 4.42 Å². The summed E-state index contributed by atoms with van der Waals surface area (Å²) in [5.74, 6) is 2.20. The average Bonchev–Trinajstić information content (AvgIpc) is 3.11. The summed E-state index contributed by atoms with van der Waals surface area (Å²) < 4.78 is 5.92. The van der Waals surface area contributed by atoms with Gasteiger partial charge in [0.1, 0.15) is 11.5 Å². The van der Waals surface area contributed by atoms with Crippen molar-refractivity contribution in [2.45, 2.75) is 84.1 Å². The maximum absolute atomic E-state index is 5.92. The van der Waals surface area contributed by atoms with Crippen molar-refractivity contribution in [1.29, 1.82) is 0 Å². The molecule has 1 aliphatic carbocycles. The van der Waals surface area contributed by atoms with Gasteiger partial charge in [0.05, 0.1) is 6.54 Å². The highest BCUT2D eigenvalue weighted by Gasteiger charge is 2.30. The minimum atomic E-state index is 0.710. The summed E-state index contributed by atoms with van der Waals surface area (Å²) in [6.45, 7) is 8.72. The second-order valence-electron chi connectivity index (χ2n) is 6.61. The van der Waals surface area contributed by atoms with Crippen LogP contribution in [0.3, 0.4) is 0 Å². The summed E-state index contributed by atoms with van der Waals surface area (Å²) in [5.41, 5.74) is 1.38. The predicted molar refractivity (Wildman–Crippen MR) is 81.6 cm³/mol. The van der Waals surface area contributed by atoms with Gasteiger partial charge in [-0.3, -0.25) is 4.90 Å². The first-order valence-corrected chi connectivity index (χ1v) is 8.24. The van der Waals surface area contributed by atoms with E-state index in [0.29, 0.717) is 6.04 Å². The van der Waals surface area contributed by atoms with Gasteiger partial charge in [-0.05, 0) is 52.0 Å². The molecule has 3 heteroatoms. The smallest absolute Gasteiger partial charge is 0.118 e. The third-order valence-electron chi connectivity index (χ3n) is 4.99. The number of rotatable bonds is 6. The summed E-state index contributed by atoms with van der Waals surface area (Å²) in [6, 6.07) is 4.48. The van der Waals surface area contributed by atoms with Crippen LogP contribution in [0.1, 0.15) is 63.0 Å². The predicted octanol–water partition coefficient (Wildman–Crippen LogP) is 3.60. The molecule has 2 aliphatic rings. The quantitative estimate of drug-likeness (QED) is 0.860. The fourth-order valence-electron chi connectivity index (χ4n) is 3.41. The molecular weight excluding hydrogens is 248 g/mol. The van der Waals surface area contributed by atoms with Crippen LogP contribution in [0.5, 0.6) is 0 Å². The molecule has 112 valence electrons. The Bertz CT molecular complexity index is 450. The molecule has 1 aliphatic heterocycles. The van der Waals surface area contributed by atoms with Crippen molar-refractivity contribution in [2.24, 2.45) is 0 Å². The number of nitrogens with zero attached hydrogens (tertiary/aromatic N) is 1. The molecule has 0 aromatic carbocycles. The molecule has 0 bridgehead atoms. The molecule has 1 saturated heterocycles. The standard InChI is InChI=1S/C17H28N2O/c1-4-16-8-5-12(2)19(16)11-14-9-17(20-13(14)3)10-18-15-6-7-15/h9,12,15-16,18H,4-8,10-11H2,1-3H3. The normalized spacial score (nSPS) is 27.4. The molecule has 2 fully saturated rings.